The van der Waals surface area contributed by atoms with Crippen LogP contribution in [0.5, 0.6) is 0 Å². The number of pyridine rings is 1. The zero-order valence-corrected chi connectivity index (χ0v) is 16.3. The minimum Gasteiger partial charge on any atom is -0.480 e. The van der Waals surface area contributed by atoms with Crippen LogP contribution in [0.25, 0.3) is 11.3 Å². The molecule has 144 valence electrons. The Morgan fingerprint density at radius 1 is 1.22 bits per heavy atom. The van der Waals surface area contributed by atoms with Crippen molar-refractivity contribution < 1.29 is 19.5 Å². The van der Waals surface area contributed by atoms with Gasteiger partial charge in [-0.1, -0.05) is 13.8 Å². The maximum atomic E-state index is 12.3. The van der Waals surface area contributed by atoms with E-state index in [4.69, 9.17) is 5.11 Å². The Hall–Kier alpha value is -2.74. The highest BCUT2D eigenvalue weighted by molar-refractivity contribution is 7.08. The number of carbonyl (C=O) groups is 3. The normalized spacial score (nSPS) is 11.9. The quantitative estimate of drug-likeness (QED) is 0.643. The van der Waals surface area contributed by atoms with Gasteiger partial charge in [0, 0.05) is 10.9 Å². The molecule has 2 amide bonds. The molecule has 1 atom stereocenters. The lowest BCUT2D eigenvalue weighted by Crippen LogP contribution is -2.46. The zero-order chi connectivity index (χ0) is 20.0. The summed E-state index contributed by atoms with van der Waals surface area (Å²) >= 11 is 1.57. The molecule has 0 saturated heterocycles. The fraction of sp³-hybridized carbons (Fsp3) is 0.368. The summed E-state index contributed by atoms with van der Waals surface area (Å²) in [5.74, 6) is -1.94. The summed E-state index contributed by atoms with van der Waals surface area (Å²) in [5, 5.41) is 18.0. The Bertz CT molecular complexity index is 818. The second kappa shape index (κ2) is 9.27. The maximum absolute atomic E-state index is 12.3. The number of thiophene rings is 1. The van der Waals surface area contributed by atoms with Crippen LogP contribution in [0.3, 0.4) is 0 Å². The highest BCUT2D eigenvalue weighted by Gasteiger charge is 2.21. The number of rotatable bonds is 8. The molecule has 0 saturated carbocycles. The van der Waals surface area contributed by atoms with Gasteiger partial charge in [-0.3, -0.25) is 14.6 Å². The summed E-state index contributed by atoms with van der Waals surface area (Å²) in [6.07, 6.45) is 0.322. The van der Waals surface area contributed by atoms with Crippen LogP contribution >= 0.6 is 11.3 Å². The van der Waals surface area contributed by atoms with Crippen molar-refractivity contribution in [2.45, 2.75) is 33.2 Å². The van der Waals surface area contributed by atoms with Crippen molar-refractivity contribution in [3.8, 4) is 11.3 Å². The summed E-state index contributed by atoms with van der Waals surface area (Å²) in [4.78, 5) is 39.9. The standard InChI is InChI=1S/C19H23N3O4S/c1-11(2)8-16(19(25)26)22-17(23)9-20-18(24)14-4-5-15(21-12(14)3)13-6-7-27-10-13/h4-7,10-11,16H,8-9H2,1-3H3,(H,20,24)(H,22,23)(H,25,26)/t16-/m0/s1. The Morgan fingerprint density at radius 2 is 1.96 bits per heavy atom. The van der Waals surface area contributed by atoms with Gasteiger partial charge in [-0.15, -0.1) is 0 Å². The van der Waals surface area contributed by atoms with Crippen LogP contribution in [0.15, 0.2) is 29.0 Å². The first-order valence-electron chi connectivity index (χ1n) is 8.58. The number of aryl methyl sites for hydroxylation is 1. The Labute approximate surface area is 161 Å². The average Bonchev–Trinajstić information content (AvgIpc) is 3.13. The fourth-order valence-corrected chi connectivity index (χ4v) is 3.22. The van der Waals surface area contributed by atoms with Gasteiger partial charge in [-0.2, -0.15) is 11.3 Å². The van der Waals surface area contributed by atoms with Crippen molar-refractivity contribution in [3.05, 3.63) is 40.2 Å². The minimum absolute atomic E-state index is 0.122. The molecule has 0 bridgehead atoms. The van der Waals surface area contributed by atoms with E-state index in [1.54, 1.807) is 30.4 Å². The molecule has 2 aromatic heterocycles. The second-order valence-electron chi connectivity index (χ2n) is 6.61. The van der Waals surface area contributed by atoms with Gasteiger partial charge < -0.3 is 15.7 Å². The van der Waals surface area contributed by atoms with Crippen molar-refractivity contribution in [3.63, 3.8) is 0 Å². The Kier molecular flexibility index (Phi) is 7.06. The lowest BCUT2D eigenvalue weighted by atomic mass is 10.0. The first-order valence-corrected chi connectivity index (χ1v) is 9.52. The van der Waals surface area contributed by atoms with Crippen LogP contribution < -0.4 is 10.6 Å². The predicted molar refractivity (Wildman–Crippen MR) is 104 cm³/mol. The average molecular weight is 389 g/mol. The molecule has 2 aromatic rings. The SMILES string of the molecule is Cc1nc(-c2ccsc2)ccc1C(=O)NCC(=O)N[C@@H](CC(C)C)C(=O)O. The van der Waals surface area contributed by atoms with E-state index in [-0.39, 0.29) is 12.5 Å². The smallest absolute Gasteiger partial charge is 0.326 e. The molecule has 7 nitrogen and oxygen atoms in total. The van der Waals surface area contributed by atoms with E-state index < -0.39 is 23.8 Å². The molecule has 27 heavy (non-hydrogen) atoms. The number of hydrogen-bond acceptors (Lipinski definition) is 5. The molecule has 0 aliphatic heterocycles. The summed E-state index contributed by atoms with van der Waals surface area (Å²) in [7, 11) is 0. The molecule has 0 aliphatic rings. The van der Waals surface area contributed by atoms with Crippen molar-refractivity contribution >= 4 is 29.1 Å². The number of amides is 2. The molecule has 0 radical (unpaired) electrons. The molecule has 3 N–H and O–H groups in total. The molecular weight excluding hydrogens is 366 g/mol. The van der Waals surface area contributed by atoms with Crippen LogP contribution in [0.2, 0.25) is 0 Å². The molecule has 0 aliphatic carbocycles. The number of carboxylic acid groups (broad SMARTS) is 1. The van der Waals surface area contributed by atoms with E-state index in [1.165, 1.54) is 0 Å². The number of nitrogens with one attached hydrogen (secondary N) is 2. The van der Waals surface area contributed by atoms with Gasteiger partial charge in [0.2, 0.25) is 5.91 Å². The van der Waals surface area contributed by atoms with E-state index in [9.17, 15) is 14.4 Å². The summed E-state index contributed by atoms with van der Waals surface area (Å²) in [5.41, 5.74) is 2.69. The monoisotopic (exact) mass is 389 g/mol. The van der Waals surface area contributed by atoms with E-state index >= 15 is 0 Å². The molecular formula is C19H23N3O4S. The van der Waals surface area contributed by atoms with Crippen molar-refractivity contribution in [1.29, 1.82) is 0 Å². The van der Waals surface area contributed by atoms with Crippen LogP contribution in [-0.4, -0.2) is 40.5 Å². The van der Waals surface area contributed by atoms with Crippen molar-refractivity contribution in [1.82, 2.24) is 15.6 Å². The molecule has 8 heteroatoms. The van der Waals surface area contributed by atoms with Gasteiger partial charge in [-0.05, 0) is 42.8 Å². The van der Waals surface area contributed by atoms with Gasteiger partial charge in [-0.25, -0.2) is 4.79 Å². The van der Waals surface area contributed by atoms with Gasteiger partial charge in [0.05, 0.1) is 23.5 Å². The molecule has 0 fully saturated rings. The van der Waals surface area contributed by atoms with Gasteiger partial charge in [0.15, 0.2) is 0 Å². The third-order valence-electron chi connectivity index (χ3n) is 3.90. The van der Waals surface area contributed by atoms with E-state index in [0.29, 0.717) is 17.7 Å². The van der Waals surface area contributed by atoms with E-state index in [2.05, 4.69) is 15.6 Å². The number of aliphatic carboxylic acids is 1. The summed E-state index contributed by atoms with van der Waals surface area (Å²) < 4.78 is 0. The van der Waals surface area contributed by atoms with Crippen LogP contribution in [0.4, 0.5) is 0 Å². The highest BCUT2D eigenvalue weighted by atomic mass is 32.1. The third-order valence-corrected chi connectivity index (χ3v) is 4.58. The largest absolute Gasteiger partial charge is 0.480 e. The number of nitrogens with zero attached hydrogens (tertiary/aromatic N) is 1. The van der Waals surface area contributed by atoms with Crippen molar-refractivity contribution in [2.24, 2.45) is 5.92 Å². The third kappa shape index (κ3) is 5.89. The summed E-state index contributed by atoms with van der Waals surface area (Å²) in [6.45, 7) is 5.18. The Morgan fingerprint density at radius 3 is 2.52 bits per heavy atom. The zero-order valence-electron chi connectivity index (χ0n) is 15.5. The first kappa shape index (κ1) is 20.6. The summed E-state index contributed by atoms with van der Waals surface area (Å²) in [6, 6.07) is 4.41. The minimum atomic E-state index is -1.09. The maximum Gasteiger partial charge on any atom is 0.326 e. The van der Waals surface area contributed by atoms with Crippen LogP contribution in [0, 0.1) is 12.8 Å². The molecule has 0 unspecified atom stereocenters. The number of hydrogen-bond donors (Lipinski definition) is 3. The Balaban J connectivity index is 1.95. The highest BCUT2D eigenvalue weighted by Crippen LogP contribution is 2.21. The van der Waals surface area contributed by atoms with Crippen LogP contribution in [0.1, 0.15) is 36.3 Å². The number of aromatic nitrogens is 1. The molecule has 0 aromatic carbocycles. The van der Waals surface area contributed by atoms with E-state index in [1.807, 2.05) is 30.7 Å². The predicted octanol–water partition coefficient (Wildman–Crippen LogP) is 2.46. The van der Waals surface area contributed by atoms with Crippen molar-refractivity contribution in [2.75, 3.05) is 6.54 Å². The molecule has 2 rings (SSSR count). The topological polar surface area (TPSA) is 108 Å². The van der Waals surface area contributed by atoms with Gasteiger partial charge in [0.1, 0.15) is 6.04 Å². The van der Waals surface area contributed by atoms with Gasteiger partial charge in [0.25, 0.3) is 5.91 Å². The first-order chi connectivity index (χ1) is 12.8. The fourth-order valence-electron chi connectivity index (χ4n) is 2.57. The van der Waals surface area contributed by atoms with Gasteiger partial charge >= 0.3 is 5.97 Å². The lowest BCUT2D eigenvalue weighted by molar-refractivity contribution is -0.142. The number of carbonyl (C=O) groups excluding carboxylic acids is 2. The lowest BCUT2D eigenvalue weighted by Gasteiger charge is -2.16. The second-order valence-corrected chi connectivity index (χ2v) is 7.39. The number of carboxylic acids is 1. The van der Waals surface area contributed by atoms with Crippen LogP contribution in [-0.2, 0) is 9.59 Å². The molecule has 0 spiro atoms. The van der Waals surface area contributed by atoms with E-state index in [0.717, 1.165) is 11.3 Å². The molecule has 2 heterocycles.